The Bertz CT molecular complexity index is 524. The van der Waals surface area contributed by atoms with E-state index in [0.29, 0.717) is 29.6 Å². The number of nitrogens with zero attached hydrogens (tertiary/aromatic N) is 1. The van der Waals surface area contributed by atoms with E-state index >= 15 is 0 Å². The van der Waals surface area contributed by atoms with Crippen molar-refractivity contribution in [2.45, 2.75) is 6.42 Å². The molecule has 5 heteroatoms. The lowest BCUT2D eigenvalue weighted by molar-refractivity contribution is 0.100. The summed E-state index contributed by atoms with van der Waals surface area (Å²) < 4.78 is 17.7. The fourth-order valence-electron chi connectivity index (χ4n) is 1.64. The number of nitrogens with two attached hydrogens (primary N) is 1. The Morgan fingerprint density at radius 3 is 3.11 bits per heavy atom. The molecule has 18 heavy (non-hydrogen) atoms. The predicted molar refractivity (Wildman–Crippen MR) is 66.7 cm³/mol. The van der Waals surface area contributed by atoms with E-state index in [1.807, 2.05) is 0 Å². The molecule has 0 bridgehead atoms. The molecule has 2 N–H and O–H groups in total. The van der Waals surface area contributed by atoms with Gasteiger partial charge in [0.2, 0.25) is 0 Å². The van der Waals surface area contributed by atoms with Gasteiger partial charge in [0.1, 0.15) is 12.4 Å². The largest absolute Gasteiger partial charge is 0.489 e. The molecular formula is C13H13FN2O2. The lowest BCUT2D eigenvalue weighted by Crippen LogP contribution is -2.12. The molecule has 0 aromatic heterocycles. The van der Waals surface area contributed by atoms with Crippen molar-refractivity contribution in [3.8, 4) is 5.75 Å². The Kier molecular flexibility index (Phi) is 3.84. The summed E-state index contributed by atoms with van der Waals surface area (Å²) in [6.07, 6.45) is 2.62. The number of aliphatic imine (C=N–C) groups is 1. The van der Waals surface area contributed by atoms with Gasteiger partial charge in [-0.1, -0.05) is 0 Å². The number of rotatable bonds is 4. The molecule has 0 fully saturated rings. The highest BCUT2D eigenvalue weighted by Gasteiger charge is 2.14. The van der Waals surface area contributed by atoms with Crippen molar-refractivity contribution < 1.29 is 13.9 Å². The quantitative estimate of drug-likeness (QED) is 0.881. The van der Waals surface area contributed by atoms with Gasteiger partial charge in [-0.25, -0.2) is 9.38 Å². The molecule has 0 saturated carbocycles. The molecule has 0 radical (unpaired) electrons. The Morgan fingerprint density at radius 1 is 1.56 bits per heavy atom. The van der Waals surface area contributed by atoms with Crippen LogP contribution in [0.25, 0.3) is 0 Å². The molecule has 1 aliphatic heterocycles. The fraction of sp³-hybridized carbons (Fsp3) is 0.231. The van der Waals surface area contributed by atoms with Crippen LogP contribution in [0.5, 0.6) is 5.75 Å². The molecule has 0 spiro atoms. The number of ether oxygens (including phenoxy) is 1. The molecular weight excluding hydrogens is 235 g/mol. The van der Waals surface area contributed by atoms with Crippen LogP contribution in [0.3, 0.4) is 0 Å². The van der Waals surface area contributed by atoms with Crippen molar-refractivity contribution in [2.75, 3.05) is 13.2 Å². The first-order valence-corrected chi connectivity index (χ1v) is 5.55. The van der Waals surface area contributed by atoms with E-state index < -0.39 is 0 Å². The lowest BCUT2D eigenvalue weighted by Gasteiger charge is -2.12. The summed E-state index contributed by atoms with van der Waals surface area (Å²) in [4.78, 5) is 15.2. The van der Waals surface area contributed by atoms with Gasteiger partial charge in [0, 0.05) is 30.3 Å². The molecule has 94 valence electrons. The Morgan fingerprint density at radius 2 is 2.39 bits per heavy atom. The van der Waals surface area contributed by atoms with Crippen LogP contribution in [0.15, 0.2) is 35.1 Å². The van der Waals surface area contributed by atoms with Crippen molar-refractivity contribution >= 4 is 12.1 Å². The van der Waals surface area contributed by atoms with E-state index in [-0.39, 0.29) is 19.1 Å². The highest BCUT2D eigenvalue weighted by Crippen LogP contribution is 2.21. The van der Waals surface area contributed by atoms with Gasteiger partial charge >= 0.3 is 0 Å². The van der Waals surface area contributed by atoms with Crippen molar-refractivity contribution in [2.24, 2.45) is 10.7 Å². The molecule has 1 heterocycles. The summed E-state index contributed by atoms with van der Waals surface area (Å²) >= 11 is 0. The number of benzene rings is 1. The third kappa shape index (κ3) is 2.62. The summed E-state index contributed by atoms with van der Waals surface area (Å²) in [7, 11) is 0. The Hall–Kier alpha value is -2.01. The normalized spacial score (nSPS) is 14.6. The number of amides is 1. The predicted octanol–water partition coefficient (Wildman–Crippen LogP) is 1.64. The zero-order chi connectivity index (χ0) is 13.0. The van der Waals surface area contributed by atoms with E-state index in [1.54, 1.807) is 24.4 Å². The molecule has 0 unspecified atom stereocenters. The molecule has 1 aliphatic rings. The van der Waals surface area contributed by atoms with Crippen LogP contribution in [0.2, 0.25) is 0 Å². The summed E-state index contributed by atoms with van der Waals surface area (Å²) in [6.45, 7) is 0.223. The average molecular weight is 248 g/mol. The van der Waals surface area contributed by atoms with Crippen molar-refractivity contribution in [1.29, 1.82) is 0 Å². The minimum absolute atomic E-state index is 0.105. The van der Waals surface area contributed by atoms with E-state index in [2.05, 4.69) is 4.99 Å². The number of hydrogen-bond acceptors (Lipinski definition) is 3. The second-order valence-corrected chi connectivity index (χ2v) is 3.90. The number of hydrogen-bond donors (Lipinski definition) is 1. The number of halogens is 1. The van der Waals surface area contributed by atoms with E-state index in [1.165, 1.54) is 0 Å². The molecule has 1 amide bonds. The molecule has 2 rings (SSSR count). The van der Waals surface area contributed by atoms with E-state index in [4.69, 9.17) is 10.5 Å². The standard InChI is InChI=1S/C13H13FN2O2/c14-6-9(7-15)8-18-11-1-2-12-10(5-11)3-4-16-13(12)17/h1-2,4-6H,3,7-8,15H2/b9-6+. The topological polar surface area (TPSA) is 64.7 Å². The van der Waals surface area contributed by atoms with Gasteiger partial charge in [0.15, 0.2) is 0 Å². The second-order valence-electron chi connectivity index (χ2n) is 3.90. The van der Waals surface area contributed by atoms with Crippen LogP contribution in [-0.2, 0) is 6.42 Å². The molecule has 4 nitrogen and oxygen atoms in total. The molecule has 1 aromatic carbocycles. The first-order chi connectivity index (χ1) is 8.74. The summed E-state index contributed by atoms with van der Waals surface area (Å²) in [5.41, 5.74) is 7.16. The van der Waals surface area contributed by atoms with Crippen LogP contribution in [0.1, 0.15) is 15.9 Å². The minimum atomic E-state index is -0.242. The number of carbonyl (C=O) groups is 1. The SMILES string of the molecule is NC/C(=C\F)COc1ccc2c(c1)CC=NC2=O. The maximum Gasteiger partial charge on any atom is 0.276 e. The van der Waals surface area contributed by atoms with Crippen LogP contribution >= 0.6 is 0 Å². The number of fused-ring (bicyclic) bond motifs is 1. The van der Waals surface area contributed by atoms with Crippen LogP contribution in [0, 0.1) is 0 Å². The van der Waals surface area contributed by atoms with Gasteiger partial charge in [0.25, 0.3) is 5.91 Å². The summed E-state index contributed by atoms with van der Waals surface area (Å²) in [5, 5.41) is 0. The highest BCUT2D eigenvalue weighted by atomic mass is 19.1. The van der Waals surface area contributed by atoms with Crippen LogP contribution in [0.4, 0.5) is 4.39 Å². The van der Waals surface area contributed by atoms with Gasteiger partial charge in [0.05, 0.1) is 6.33 Å². The van der Waals surface area contributed by atoms with Crippen molar-refractivity contribution in [3.63, 3.8) is 0 Å². The van der Waals surface area contributed by atoms with Crippen LogP contribution in [-0.4, -0.2) is 25.3 Å². The molecule has 0 saturated heterocycles. The molecule has 1 aromatic rings. The van der Waals surface area contributed by atoms with Crippen LogP contribution < -0.4 is 10.5 Å². The first-order valence-electron chi connectivity index (χ1n) is 5.55. The van der Waals surface area contributed by atoms with Gasteiger partial charge < -0.3 is 10.5 Å². The van der Waals surface area contributed by atoms with Gasteiger partial charge in [-0.2, -0.15) is 0 Å². The monoisotopic (exact) mass is 248 g/mol. The third-order valence-electron chi connectivity index (χ3n) is 2.67. The minimum Gasteiger partial charge on any atom is -0.489 e. The van der Waals surface area contributed by atoms with E-state index in [0.717, 1.165) is 5.56 Å². The average Bonchev–Trinajstić information content (AvgIpc) is 2.40. The van der Waals surface area contributed by atoms with Crippen molar-refractivity contribution in [3.05, 3.63) is 41.2 Å². The van der Waals surface area contributed by atoms with Gasteiger partial charge in [-0.05, 0) is 23.8 Å². The number of carbonyl (C=O) groups excluding carboxylic acids is 1. The van der Waals surface area contributed by atoms with E-state index in [9.17, 15) is 9.18 Å². The second kappa shape index (κ2) is 5.55. The Balaban J connectivity index is 2.11. The summed E-state index contributed by atoms with van der Waals surface area (Å²) in [5.74, 6) is 0.346. The Labute approximate surface area is 104 Å². The maximum atomic E-state index is 12.3. The highest BCUT2D eigenvalue weighted by molar-refractivity contribution is 6.03. The zero-order valence-electron chi connectivity index (χ0n) is 9.73. The van der Waals surface area contributed by atoms with Gasteiger partial charge in [-0.3, -0.25) is 4.79 Å². The lowest BCUT2D eigenvalue weighted by atomic mass is 10.0. The van der Waals surface area contributed by atoms with Crippen molar-refractivity contribution in [1.82, 2.24) is 0 Å². The molecule has 0 atom stereocenters. The first kappa shape index (κ1) is 12.4. The molecule has 0 aliphatic carbocycles. The van der Waals surface area contributed by atoms with Gasteiger partial charge in [-0.15, -0.1) is 0 Å². The smallest absolute Gasteiger partial charge is 0.276 e. The maximum absolute atomic E-state index is 12.3. The zero-order valence-corrected chi connectivity index (χ0v) is 9.73. The third-order valence-corrected chi connectivity index (χ3v) is 2.67. The summed E-state index contributed by atoms with van der Waals surface area (Å²) in [6, 6.07) is 5.11. The fourth-order valence-corrected chi connectivity index (χ4v) is 1.64.